The predicted octanol–water partition coefficient (Wildman–Crippen LogP) is 2.26. The van der Waals surface area contributed by atoms with Crippen molar-refractivity contribution in [1.82, 2.24) is 0 Å². The van der Waals surface area contributed by atoms with Gasteiger partial charge >= 0.3 is 0 Å². The van der Waals surface area contributed by atoms with Gasteiger partial charge in [-0.2, -0.15) is 10.5 Å². The normalized spacial score (nSPS) is 25.0. The van der Waals surface area contributed by atoms with Crippen molar-refractivity contribution in [3.05, 3.63) is 0 Å². The van der Waals surface area contributed by atoms with Gasteiger partial charge in [0.1, 0.15) is 0 Å². The van der Waals surface area contributed by atoms with Crippen molar-refractivity contribution in [3.63, 3.8) is 0 Å². The van der Waals surface area contributed by atoms with Gasteiger partial charge in [0, 0.05) is 0 Å². The van der Waals surface area contributed by atoms with Crippen molar-refractivity contribution >= 4 is 16.4 Å². The first kappa shape index (κ1) is 6.34. The molecule has 0 aromatic heterocycles. The molecule has 0 atom stereocenters. The number of hydrogen-bond donors (Lipinski definition) is 0. The minimum Gasteiger partial charge on any atom is -0.193 e. The topological polar surface area (TPSA) is 0 Å². The van der Waals surface area contributed by atoms with Crippen molar-refractivity contribution in [2.75, 3.05) is 11.5 Å². The molecule has 1 heteroatoms. The fourth-order valence-corrected chi connectivity index (χ4v) is 2.50. The van der Waals surface area contributed by atoms with Gasteiger partial charge in [0.15, 0.2) is 0 Å². The molecule has 0 saturated carbocycles. The molecule has 8 heavy (non-hydrogen) atoms. The Kier molecular flexibility index (Phi) is 2.60. The van der Waals surface area contributed by atoms with Crippen LogP contribution in [0.1, 0.15) is 25.7 Å². The minimum atomic E-state index is 0.542. The Morgan fingerprint density at radius 1 is 0.875 bits per heavy atom. The van der Waals surface area contributed by atoms with Gasteiger partial charge < -0.3 is 0 Å². The van der Waals surface area contributed by atoms with E-state index >= 15 is 0 Å². The van der Waals surface area contributed by atoms with Crippen LogP contribution in [0.15, 0.2) is 0 Å². The van der Waals surface area contributed by atoms with Crippen LogP contribution in [0.5, 0.6) is 0 Å². The van der Waals surface area contributed by atoms with E-state index in [1.54, 1.807) is 0 Å². The first-order chi connectivity index (χ1) is 3.89. The quantitative estimate of drug-likeness (QED) is 0.441. The summed E-state index contributed by atoms with van der Waals surface area (Å²) in [6.07, 6.45) is 5.79. The third-order valence-corrected chi connectivity index (χ3v) is 3.35. The molecule has 1 rings (SSSR count). The first-order valence-electron chi connectivity index (χ1n) is 3.37. The summed E-state index contributed by atoms with van der Waals surface area (Å²) < 4.78 is 0. The molecule has 0 aliphatic carbocycles. The van der Waals surface area contributed by atoms with Crippen molar-refractivity contribution in [2.45, 2.75) is 25.7 Å². The van der Waals surface area contributed by atoms with Crippen LogP contribution < -0.4 is 0 Å². The van der Waals surface area contributed by atoms with Crippen LogP contribution in [-0.4, -0.2) is 17.4 Å². The summed E-state index contributed by atoms with van der Waals surface area (Å²) >= 11 is 0. The molecule has 1 aliphatic heterocycles. The molecule has 1 aliphatic rings. The average molecular weight is 130 g/mol. The summed E-state index contributed by atoms with van der Waals surface area (Å²) in [4.78, 5) is 0. The van der Waals surface area contributed by atoms with Gasteiger partial charge in [0.25, 0.3) is 0 Å². The van der Waals surface area contributed by atoms with E-state index in [9.17, 15) is 0 Å². The highest BCUT2D eigenvalue weighted by molar-refractivity contribution is 8.14. The molecule has 1 fully saturated rings. The number of hydrogen-bond acceptors (Lipinski definition) is 0. The highest BCUT2D eigenvalue weighted by Crippen LogP contribution is 2.20. The van der Waals surface area contributed by atoms with E-state index in [2.05, 4.69) is 5.87 Å². The van der Waals surface area contributed by atoms with E-state index in [1.807, 2.05) is 0 Å². The second kappa shape index (κ2) is 3.29. The first-order valence-corrected chi connectivity index (χ1v) is 5.10. The summed E-state index contributed by atoms with van der Waals surface area (Å²) in [5, 5.41) is 0. The maximum absolute atomic E-state index is 4.09. The molecule has 0 amide bonds. The van der Waals surface area contributed by atoms with Gasteiger partial charge in [-0.3, -0.25) is 0 Å². The van der Waals surface area contributed by atoms with E-state index < -0.39 is 0 Å². The molecule has 0 aromatic rings. The van der Waals surface area contributed by atoms with Gasteiger partial charge in [-0.05, 0) is 24.3 Å². The average Bonchev–Trinajstić information content (AvgIpc) is 1.94. The molecule has 0 spiro atoms. The highest BCUT2D eigenvalue weighted by atomic mass is 32.2. The van der Waals surface area contributed by atoms with Crippen LogP contribution >= 0.6 is 10.5 Å². The van der Waals surface area contributed by atoms with Crippen molar-refractivity contribution in [1.29, 1.82) is 0 Å². The Labute approximate surface area is 54.2 Å². The second-order valence-corrected chi connectivity index (χ2v) is 4.48. The van der Waals surface area contributed by atoms with Gasteiger partial charge in [0.05, 0.1) is 0 Å². The lowest BCUT2D eigenvalue weighted by Gasteiger charge is -1.97. The lowest BCUT2D eigenvalue weighted by atomic mass is 10.2. The van der Waals surface area contributed by atoms with Crippen LogP contribution in [-0.2, 0) is 0 Å². The van der Waals surface area contributed by atoms with E-state index in [-0.39, 0.29) is 0 Å². The van der Waals surface area contributed by atoms with Crippen LogP contribution in [0, 0.1) is 0 Å². The van der Waals surface area contributed by atoms with Gasteiger partial charge in [-0.25, -0.2) is 0 Å². The lowest BCUT2D eigenvalue weighted by Crippen LogP contribution is -1.78. The van der Waals surface area contributed by atoms with Crippen molar-refractivity contribution in [2.24, 2.45) is 0 Å². The fourth-order valence-electron chi connectivity index (χ4n) is 1.07. The molecule has 0 unspecified atom stereocenters. The molecular weight excluding hydrogens is 116 g/mol. The standard InChI is InChI=1S/C7H14S/c1-8-6-4-2-3-5-7-8/h1-7H2. The minimum absolute atomic E-state index is 0.542. The third-order valence-electron chi connectivity index (χ3n) is 1.62. The van der Waals surface area contributed by atoms with Crippen LogP contribution in [0.25, 0.3) is 0 Å². The summed E-state index contributed by atoms with van der Waals surface area (Å²) in [6.45, 7) is 0. The Bertz CT molecular complexity index is 76.4. The largest absolute Gasteiger partial charge is 0.193 e. The van der Waals surface area contributed by atoms with Crippen LogP contribution in [0.4, 0.5) is 0 Å². The van der Waals surface area contributed by atoms with E-state index in [0.717, 1.165) is 0 Å². The van der Waals surface area contributed by atoms with E-state index in [1.165, 1.54) is 37.2 Å². The van der Waals surface area contributed by atoms with Gasteiger partial charge in [-0.1, -0.05) is 18.7 Å². The van der Waals surface area contributed by atoms with Gasteiger partial charge in [0.2, 0.25) is 0 Å². The SMILES string of the molecule is C=S1CCCCCC1. The molecule has 0 N–H and O–H groups in total. The Hall–Kier alpha value is 0.220. The zero-order valence-corrected chi connectivity index (χ0v) is 6.17. The molecule has 48 valence electrons. The zero-order valence-electron chi connectivity index (χ0n) is 5.36. The van der Waals surface area contributed by atoms with Crippen molar-refractivity contribution < 1.29 is 0 Å². The third kappa shape index (κ3) is 1.99. The van der Waals surface area contributed by atoms with Crippen LogP contribution in [0.2, 0.25) is 0 Å². The zero-order chi connectivity index (χ0) is 5.82. The predicted molar refractivity (Wildman–Crippen MR) is 42.9 cm³/mol. The molecule has 0 radical (unpaired) electrons. The summed E-state index contributed by atoms with van der Waals surface area (Å²) in [5.41, 5.74) is 0. The van der Waals surface area contributed by atoms with Crippen LogP contribution in [0.3, 0.4) is 0 Å². The molecule has 0 aromatic carbocycles. The molecule has 1 saturated heterocycles. The maximum Gasteiger partial charge on any atom is -0.0123 e. The van der Waals surface area contributed by atoms with Crippen molar-refractivity contribution in [3.8, 4) is 0 Å². The fraction of sp³-hybridized carbons (Fsp3) is 0.857. The Balaban J connectivity index is 2.27. The second-order valence-electron chi connectivity index (χ2n) is 2.43. The molecular formula is C7H14S. The summed E-state index contributed by atoms with van der Waals surface area (Å²) in [7, 11) is 0.542. The van der Waals surface area contributed by atoms with Gasteiger partial charge in [-0.15, -0.1) is 0 Å². The molecule has 0 bridgehead atoms. The smallest absolute Gasteiger partial charge is 0.0123 e. The Morgan fingerprint density at radius 3 is 1.88 bits per heavy atom. The number of rotatable bonds is 0. The Morgan fingerprint density at radius 2 is 1.38 bits per heavy atom. The highest BCUT2D eigenvalue weighted by Gasteiger charge is 1.98. The van der Waals surface area contributed by atoms with E-state index in [4.69, 9.17) is 0 Å². The summed E-state index contributed by atoms with van der Waals surface area (Å²) in [6, 6.07) is 0. The summed E-state index contributed by atoms with van der Waals surface area (Å²) in [5.74, 6) is 6.89. The molecule has 1 heterocycles. The van der Waals surface area contributed by atoms with E-state index in [0.29, 0.717) is 10.5 Å². The lowest BCUT2D eigenvalue weighted by molar-refractivity contribution is 0.726. The maximum atomic E-state index is 4.09. The monoisotopic (exact) mass is 130 g/mol. The molecule has 0 nitrogen and oxygen atoms in total.